The SMILES string of the molecule is CC(C)(C)n1cc(Br)c(-c2ccnc(N)n2)n1. The number of aromatic nitrogens is 4. The summed E-state index contributed by atoms with van der Waals surface area (Å²) >= 11 is 3.49. The van der Waals surface area contributed by atoms with Crippen LogP contribution in [-0.4, -0.2) is 19.7 Å². The normalized spacial score (nSPS) is 11.8. The van der Waals surface area contributed by atoms with Gasteiger partial charge >= 0.3 is 0 Å². The molecule has 90 valence electrons. The molecule has 0 radical (unpaired) electrons. The third kappa shape index (κ3) is 2.46. The summed E-state index contributed by atoms with van der Waals surface area (Å²) in [6.45, 7) is 6.26. The van der Waals surface area contributed by atoms with Crippen LogP contribution in [0, 0.1) is 0 Å². The van der Waals surface area contributed by atoms with Crippen LogP contribution in [-0.2, 0) is 5.54 Å². The van der Waals surface area contributed by atoms with Crippen molar-refractivity contribution in [2.75, 3.05) is 5.73 Å². The maximum atomic E-state index is 5.57. The van der Waals surface area contributed by atoms with Gasteiger partial charge in [-0.1, -0.05) is 0 Å². The Balaban J connectivity index is 2.50. The maximum absolute atomic E-state index is 5.57. The van der Waals surface area contributed by atoms with E-state index in [0.717, 1.165) is 10.2 Å². The monoisotopic (exact) mass is 295 g/mol. The zero-order valence-electron chi connectivity index (χ0n) is 9.98. The first kappa shape index (κ1) is 12.0. The molecule has 2 N–H and O–H groups in total. The van der Waals surface area contributed by atoms with E-state index in [2.05, 4.69) is 51.8 Å². The molecule has 0 saturated heterocycles. The maximum Gasteiger partial charge on any atom is 0.220 e. The highest BCUT2D eigenvalue weighted by atomic mass is 79.9. The largest absolute Gasteiger partial charge is 0.368 e. The predicted molar refractivity (Wildman–Crippen MR) is 70.4 cm³/mol. The van der Waals surface area contributed by atoms with Gasteiger partial charge in [0, 0.05) is 12.4 Å². The van der Waals surface area contributed by atoms with Crippen LogP contribution in [0.3, 0.4) is 0 Å². The van der Waals surface area contributed by atoms with E-state index >= 15 is 0 Å². The van der Waals surface area contributed by atoms with Crippen molar-refractivity contribution in [3.63, 3.8) is 0 Å². The Morgan fingerprint density at radius 1 is 1.35 bits per heavy atom. The summed E-state index contributed by atoms with van der Waals surface area (Å²) in [5.41, 5.74) is 6.98. The molecule has 0 unspecified atom stereocenters. The summed E-state index contributed by atoms with van der Waals surface area (Å²) in [6.07, 6.45) is 3.56. The molecule has 2 heterocycles. The minimum absolute atomic E-state index is 0.0701. The fourth-order valence-corrected chi connectivity index (χ4v) is 1.85. The van der Waals surface area contributed by atoms with Gasteiger partial charge in [-0.05, 0) is 42.8 Å². The lowest BCUT2D eigenvalue weighted by Gasteiger charge is -2.18. The number of hydrogen-bond acceptors (Lipinski definition) is 4. The Labute approximate surface area is 108 Å². The van der Waals surface area contributed by atoms with E-state index < -0.39 is 0 Å². The van der Waals surface area contributed by atoms with Crippen LogP contribution in [0.4, 0.5) is 5.95 Å². The lowest BCUT2D eigenvalue weighted by molar-refractivity contribution is 0.356. The molecule has 0 atom stereocenters. The third-order valence-electron chi connectivity index (χ3n) is 2.27. The van der Waals surface area contributed by atoms with Crippen molar-refractivity contribution in [2.45, 2.75) is 26.3 Å². The van der Waals surface area contributed by atoms with Gasteiger partial charge in [0.25, 0.3) is 0 Å². The molecule has 6 heteroatoms. The molecule has 0 amide bonds. The second kappa shape index (κ2) is 4.10. The minimum atomic E-state index is -0.0701. The Morgan fingerprint density at radius 3 is 2.59 bits per heavy atom. The Bertz CT molecular complexity index is 541. The number of nitrogens with zero attached hydrogens (tertiary/aromatic N) is 4. The molecule has 2 aromatic heterocycles. The van der Waals surface area contributed by atoms with Gasteiger partial charge in [0.1, 0.15) is 5.69 Å². The summed E-state index contributed by atoms with van der Waals surface area (Å²) < 4.78 is 2.79. The Kier molecular flexibility index (Phi) is 2.91. The van der Waals surface area contributed by atoms with Crippen molar-refractivity contribution in [3.8, 4) is 11.4 Å². The van der Waals surface area contributed by atoms with Crippen molar-refractivity contribution < 1.29 is 0 Å². The summed E-state index contributed by atoms with van der Waals surface area (Å²) in [5.74, 6) is 0.250. The molecule has 0 bridgehead atoms. The van der Waals surface area contributed by atoms with Gasteiger partial charge in [-0.15, -0.1) is 0 Å². The highest BCUT2D eigenvalue weighted by Crippen LogP contribution is 2.27. The molecule has 0 aliphatic rings. The molecule has 0 aliphatic carbocycles. The quantitative estimate of drug-likeness (QED) is 0.877. The molecule has 5 nitrogen and oxygen atoms in total. The Morgan fingerprint density at radius 2 is 2.06 bits per heavy atom. The number of nitrogen functional groups attached to an aromatic ring is 1. The van der Waals surface area contributed by atoms with Crippen molar-refractivity contribution in [1.82, 2.24) is 19.7 Å². The highest BCUT2D eigenvalue weighted by Gasteiger charge is 2.18. The van der Waals surface area contributed by atoms with E-state index in [0.29, 0.717) is 5.69 Å². The van der Waals surface area contributed by atoms with Crippen LogP contribution in [0.15, 0.2) is 22.9 Å². The molecule has 0 aliphatic heterocycles. The minimum Gasteiger partial charge on any atom is -0.368 e. The van der Waals surface area contributed by atoms with Crippen LogP contribution in [0.5, 0.6) is 0 Å². The number of nitrogens with two attached hydrogens (primary N) is 1. The molecular weight excluding hydrogens is 282 g/mol. The molecule has 17 heavy (non-hydrogen) atoms. The first-order valence-electron chi connectivity index (χ1n) is 5.22. The van der Waals surface area contributed by atoms with Crippen LogP contribution in [0.25, 0.3) is 11.4 Å². The molecule has 0 fully saturated rings. The first-order valence-corrected chi connectivity index (χ1v) is 6.02. The summed E-state index contributed by atoms with van der Waals surface area (Å²) in [4.78, 5) is 8.03. The second-order valence-electron chi connectivity index (χ2n) is 4.74. The average Bonchev–Trinajstić information content (AvgIpc) is 2.60. The topological polar surface area (TPSA) is 69.6 Å². The fourth-order valence-electron chi connectivity index (χ4n) is 1.38. The molecular formula is C11H14BrN5. The molecule has 0 aromatic carbocycles. The van der Waals surface area contributed by atoms with E-state index in [1.54, 1.807) is 12.3 Å². The van der Waals surface area contributed by atoms with E-state index in [1.807, 2.05) is 10.9 Å². The molecule has 2 rings (SSSR count). The zero-order chi connectivity index (χ0) is 12.6. The molecule has 2 aromatic rings. The number of hydrogen-bond donors (Lipinski definition) is 1. The zero-order valence-corrected chi connectivity index (χ0v) is 11.6. The van der Waals surface area contributed by atoms with Crippen LogP contribution >= 0.6 is 15.9 Å². The lowest BCUT2D eigenvalue weighted by atomic mass is 10.1. The van der Waals surface area contributed by atoms with Gasteiger partial charge in [0.2, 0.25) is 5.95 Å². The van der Waals surface area contributed by atoms with Gasteiger partial charge in [0.15, 0.2) is 0 Å². The van der Waals surface area contributed by atoms with E-state index in [-0.39, 0.29) is 11.5 Å². The van der Waals surface area contributed by atoms with Crippen molar-refractivity contribution in [1.29, 1.82) is 0 Å². The number of rotatable bonds is 1. The van der Waals surface area contributed by atoms with E-state index in [4.69, 9.17) is 5.73 Å². The van der Waals surface area contributed by atoms with Gasteiger partial charge in [0.05, 0.1) is 15.7 Å². The van der Waals surface area contributed by atoms with Crippen molar-refractivity contribution in [2.24, 2.45) is 0 Å². The van der Waals surface area contributed by atoms with Crippen molar-refractivity contribution in [3.05, 3.63) is 22.9 Å². The fraction of sp³-hybridized carbons (Fsp3) is 0.364. The first-order chi connectivity index (χ1) is 7.88. The van der Waals surface area contributed by atoms with Crippen molar-refractivity contribution >= 4 is 21.9 Å². The lowest BCUT2D eigenvalue weighted by Crippen LogP contribution is -2.22. The van der Waals surface area contributed by atoms with Gasteiger partial charge in [-0.2, -0.15) is 5.10 Å². The third-order valence-corrected chi connectivity index (χ3v) is 2.85. The van der Waals surface area contributed by atoms with Gasteiger partial charge in [-0.25, -0.2) is 9.97 Å². The predicted octanol–water partition coefficient (Wildman–Crippen LogP) is 2.44. The average molecular weight is 296 g/mol. The molecule has 0 saturated carbocycles. The molecule has 0 spiro atoms. The second-order valence-corrected chi connectivity index (χ2v) is 5.60. The van der Waals surface area contributed by atoms with Crippen LogP contribution in [0.1, 0.15) is 20.8 Å². The Hall–Kier alpha value is -1.43. The summed E-state index contributed by atoms with van der Waals surface area (Å²) in [5, 5.41) is 4.52. The van der Waals surface area contributed by atoms with Gasteiger partial charge in [-0.3, -0.25) is 4.68 Å². The van der Waals surface area contributed by atoms with Crippen LogP contribution < -0.4 is 5.73 Å². The van der Waals surface area contributed by atoms with Crippen LogP contribution in [0.2, 0.25) is 0 Å². The summed E-state index contributed by atoms with van der Waals surface area (Å²) in [7, 11) is 0. The standard InChI is InChI=1S/C11H14BrN5/c1-11(2,3)17-6-7(12)9(16-17)8-4-5-14-10(13)15-8/h4-6H,1-3H3,(H2,13,14,15). The van der Waals surface area contributed by atoms with E-state index in [1.165, 1.54) is 0 Å². The number of anilines is 1. The highest BCUT2D eigenvalue weighted by molar-refractivity contribution is 9.10. The summed E-state index contributed by atoms with van der Waals surface area (Å²) in [6, 6.07) is 1.79. The van der Waals surface area contributed by atoms with E-state index in [9.17, 15) is 0 Å². The smallest absolute Gasteiger partial charge is 0.220 e. The number of halogens is 1. The van der Waals surface area contributed by atoms with Gasteiger partial charge < -0.3 is 5.73 Å².